The third kappa shape index (κ3) is 4.12. The number of fused-ring (bicyclic) bond motifs is 1. The van der Waals surface area contributed by atoms with Crippen LogP contribution in [-0.2, 0) is 4.79 Å². The first-order valence-electron chi connectivity index (χ1n) is 12.6. The van der Waals surface area contributed by atoms with Crippen LogP contribution >= 0.6 is 0 Å². The number of rotatable bonds is 7. The average molecular weight is 512 g/mol. The Morgan fingerprint density at radius 2 is 2.05 bits per heavy atom. The minimum absolute atomic E-state index is 0.198. The van der Waals surface area contributed by atoms with E-state index in [2.05, 4.69) is 49.2 Å². The standard InChI is InChI=1S/C28H29N7O3/c1-4-25(36)30-20-14-21(24(37-3)15-22(20)35-16-28(17-35)11-7-13-34(28)2)32-27-29-12-10-19(31-27)26-18-8-5-6-9-23(18)38-33-26/h4-6,8-10,12,14-15H,1,7,11,13,16-17H2,2-3H3,(H,30,36)(H,29,31,32). The number of ether oxygens (including phenoxy) is 1. The monoisotopic (exact) mass is 511 g/mol. The molecular formula is C28H29N7O3. The van der Waals surface area contributed by atoms with Gasteiger partial charge in [-0.3, -0.25) is 9.69 Å². The van der Waals surface area contributed by atoms with Crippen LogP contribution in [-0.4, -0.2) is 65.3 Å². The van der Waals surface area contributed by atoms with Crippen molar-refractivity contribution < 1.29 is 14.1 Å². The maximum absolute atomic E-state index is 12.3. The van der Waals surface area contributed by atoms with E-state index in [0.29, 0.717) is 40.0 Å². The Morgan fingerprint density at radius 3 is 2.82 bits per heavy atom. The van der Waals surface area contributed by atoms with Crippen LogP contribution in [0.4, 0.5) is 23.0 Å². The fraction of sp³-hybridized carbons (Fsp3) is 0.286. The summed E-state index contributed by atoms with van der Waals surface area (Å²) in [6.07, 6.45) is 5.31. The smallest absolute Gasteiger partial charge is 0.247 e. The lowest BCUT2D eigenvalue weighted by atomic mass is 9.86. The zero-order chi connectivity index (χ0) is 26.3. The normalized spacial score (nSPS) is 16.4. The number of nitrogens with one attached hydrogen (secondary N) is 2. The number of nitrogens with zero attached hydrogens (tertiary/aromatic N) is 5. The third-order valence-electron chi connectivity index (χ3n) is 7.54. The predicted octanol–water partition coefficient (Wildman–Crippen LogP) is 4.45. The lowest BCUT2D eigenvalue weighted by molar-refractivity contribution is -0.111. The van der Waals surface area contributed by atoms with Crippen molar-refractivity contribution in [2.45, 2.75) is 18.4 Å². The second-order valence-electron chi connectivity index (χ2n) is 9.79. The zero-order valence-corrected chi connectivity index (χ0v) is 21.4. The maximum Gasteiger partial charge on any atom is 0.247 e. The number of likely N-dealkylation sites (N-methyl/N-ethyl adjacent to an activating group) is 1. The fourth-order valence-electron chi connectivity index (χ4n) is 5.43. The quantitative estimate of drug-likeness (QED) is 0.348. The number of amides is 1. The zero-order valence-electron chi connectivity index (χ0n) is 21.4. The molecule has 2 aromatic carbocycles. The van der Waals surface area contributed by atoms with Crippen molar-refractivity contribution in [2.75, 3.05) is 49.3 Å². The van der Waals surface area contributed by atoms with Crippen LogP contribution in [0.1, 0.15) is 12.8 Å². The molecule has 2 aromatic heterocycles. The molecule has 38 heavy (non-hydrogen) atoms. The van der Waals surface area contributed by atoms with Gasteiger partial charge < -0.3 is 24.8 Å². The molecule has 2 aliphatic heterocycles. The van der Waals surface area contributed by atoms with E-state index in [-0.39, 0.29) is 11.4 Å². The third-order valence-corrected chi connectivity index (χ3v) is 7.54. The molecule has 2 fully saturated rings. The Morgan fingerprint density at radius 1 is 1.21 bits per heavy atom. The van der Waals surface area contributed by atoms with Gasteiger partial charge in [0.25, 0.3) is 0 Å². The van der Waals surface area contributed by atoms with Crippen LogP contribution in [0.25, 0.3) is 22.4 Å². The number of likely N-dealkylation sites (tertiary alicyclic amines) is 1. The van der Waals surface area contributed by atoms with E-state index in [1.165, 1.54) is 18.9 Å². The molecule has 0 saturated carbocycles. The Labute approximate surface area is 220 Å². The second-order valence-corrected chi connectivity index (χ2v) is 9.79. The van der Waals surface area contributed by atoms with E-state index in [0.717, 1.165) is 30.7 Å². The molecule has 4 aromatic rings. The van der Waals surface area contributed by atoms with Crippen molar-refractivity contribution in [1.82, 2.24) is 20.0 Å². The molecule has 0 radical (unpaired) electrons. The molecule has 194 valence electrons. The highest BCUT2D eigenvalue weighted by Crippen LogP contribution is 2.45. The minimum Gasteiger partial charge on any atom is -0.494 e. The van der Waals surface area contributed by atoms with Crippen molar-refractivity contribution in [3.8, 4) is 17.1 Å². The molecule has 0 unspecified atom stereocenters. The Bertz CT molecular complexity index is 1530. The lowest BCUT2D eigenvalue weighted by Crippen LogP contribution is -2.67. The Balaban J connectivity index is 1.32. The van der Waals surface area contributed by atoms with Crippen molar-refractivity contribution in [1.29, 1.82) is 0 Å². The summed E-state index contributed by atoms with van der Waals surface area (Å²) in [7, 11) is 3.81. The topological polar surface area (TPSA) is 109 Å². The number of hydrogen-bond acceptors (Lipinski definition) is 9. The van der Waals surface area contributed by atoms with Gasteiger partial charge in [-0.2, -0.15) is 0 Å². The number of benzene rings is 2. The van der Waals surface area contributed by atoms with E-state index in [1.54, 1.807) is 19.4 Å². The van der Waals surface area contributed by atoms with E-state index < -0.39 is 0 Å². The molecule has 0 bridgehead atoms. The van der Waals surface area contributed by atoms with Gasteiger partial charge in [0.2, 0.25) is 11.9 Å². The molecule has 4 heterocycles. The number of hydrogen-bond donors (Lipinski definition) is 2. The minimum atomic E-state index is -0.285. The largest absolute Gasteiger partial charge is 0.494 e. The van der Waals surface area contributed by atoms with Gasteiger partial charge in [0.05, 0.1) is 40.8 Å². The number of aromatic nitrogens is 3. The van der Waals surface area contributed by atoms with Crippen LogP contribution < -0.4 is 20.3 Å². The van der Waals surface area contributed by atoms with Gasteiger partial charge in [-0.25, -0.2) is 9.97 Å². The lowest BCUT2D eigenvalue weighted by Gasteiger charge is -2.53. The van der Waals surface area contributed by atoms with Gasteiger partial charge in [-0.05, 0) is 56.8 Å². The molecule has 0 atom stereocenters. The summed E-state index contributed by atoms with van der Waals surface area (Å²) >= 11 is 0. The van der Waals surface area contributed by atoms with Gasteiger partial charge in [-0.1, -0.05) is 23.9 Å². The number of methoxy groups -OCH3 is 1. The van der Waals surface area contributed by atoms with E-state index in [4.69, 9.17) is 9.26 Å². The Hall–Kier alpha value is -4.44. The number of para-hydroxylation sites is 1. The molecule has 10 nitrogen and oxygen atoms in total. The predicted molar refractivity (Wildman–Crippen MR) is 147 cm³/mol. The van der Waals surface area contributed by atoms with E-state index >= 15 is 0 Å². The van der Waals surface area contributed by atoms with Gasteiger partial charge >= 0.3 is 0 Å². The van der Waals surface area contributed by atoms with Crippen LogP contribution in [0.3, 0.4) is 0 Å². The van der Waals surface area contributed by atoms with Crippen molar-refractivity contribution in [2.24, 2.45) is 0 Å². The van der Waals surface area contributed by atoms with Gasteiger partial charge in [-0.15, -0.1) is 0 Å². The maximum atomic E-state index is 12.3. The highest BCUT2D eigenvalue weighted by Gasteiger charge is 2.49. The number of carbonyl (C=O) groups excluding carboxylic acids is 1. The van der Waals surface area contributed by atoms with Crippen LogP contribution in [0.5, 0.6) is 5.75 Å². The van der Waals surface area contributed by atoms with E-state index in [1.807, 2.05) is 36.4 Å². The Kier molecular flexibility index (Phi) is 5.96. The molecule has 0 aliphatic carbocycles. The van der Waals surface area contributed by atoms with Gasteiger partial charge in [0, 0.05) is 25.4 Å². The first-order valence-corrected chi connectivity index (χ1v) is 12.6. The summed E-state index contributed by atoms with van der Waals surface area (Å²) in [4.78, 5) is 26.1. The van der Waals surface area contributed by atoms with Crippen molar-refractivity contribution in [3.63, 3.8) is 0 Å². The van der Waals surface area contributed by atoms with Crippen LogP contribution in [0.15, 0.2) is 65.8 Å². The number of anilines is 4. The SMILES string of the molecule is C=CC(=O)Nc1cc(Nc2nccc(-c3noc4ccccc34)n2)c(OC)cc1N1CC2(CCCN2C)C1. The first kappa shape index (κ1) is 23.9. The summed E-state index contributed by atoms with van der Waals surface area (Å²) in [5.41, 5.74) is 4.32. The highest BCUT2D eigenvalue weighted by atomic mass is 16.5. The molecular weight excluding hydrogens is 482 g/mol. The van der Waals surface area contributed by atoms with Crippen molar-refractivity contribution >= 4 is 39.9 Å². The first-order chi connectivity index (χ1) is 18.5. The average Bonchev–Trinajstić information content (AvgIpc) is 3.52. The van der Waals surface area contributed by atoms with Gasteiger partial charge in [0.15, 0.2) is 5.58 Å². The summed E-state index contributed by atoms with van der Waals surface area (Å²) in [6, 6.07) is 13.2. The summed E-state index contributed by atoms with van der Waals surface area (Å²) in [6.45, 7) is 6.51. The summed E-state index contributed by atoms with van der Waals surface area (Å²) < 4.78 is 11.2. The molecule has 2 saturated heterocycles. The fourth-order valence-corrected chi connectivity index (χ4v) is 5.43. The molecule has 2 aliphatic rings. The summed E-state index contributed by atoms with van der Waals surface area (Å²) in [5.74, 6) is 0.682. The molecule has 10 heteroatoms. The highest BCUT2D eigenvalue weighted by molar-refractivity contribution is 6.02. The molecule has 1 amide bonds. The van der Waals surface area contributed by atoms with Crippen LogP contribution in [0, 0.1) is 0 Å². The molecule has 1 spiro atoms. The van der Waals surface area contributed by atoms with Gasteiger partial charge in [0.1, 0.15) is 11.4 Å². The van der Waals surface area contributed by atoms with E-state index in [9.17, 15) is 4.79 Å². The molecule has 2 N–H and O–H groups in total. The second kappa shape index (κ2) is 9.46. The molecule has 6 rings (SSSR count). The van der Waals surface area contributed by atoms with Crippen molar-refractivity contribution in [3.05, 3.63) is 61.3 Å². The number of carbonyl (C=O) groups is 1. The van der Waals surface area contributed by atoms with Crippen LogP contribution in [0.2, 0.25) is 0 Å². The summed E-state index contributed by atoms with van der Waals surface area (Å²) in [5, 5.41) is 11.3.